The molecule has 2 aliphatic heterocycles. The lowest BCUT2D eigenvalue weighted by atomic mass is 10.2. The molecule has 24 heavy (non-hydrogen) atoms. The van der Waals surface area contributed by atoms with Crippen molar-refractivity contribution in [1.29, 1.82) is 0 Å². The lowest BCUT2D eigenvalue weighted by Gasteiger charge is -2.43. The van der Waals surface area contributed by atoms with Crippen molar-refractivity contribution in [1.82, 2.24) is 9.34 Å². The van der Waals surface area contributed by atoms with Gasteiger partial charge in [0.2, 0.25) is 0 Å². The number of benzene rings is 1. The van der Waals surface area contributed by atoms with Crippen LogP contribution in [0, 0.1) is 0 Å². The molecule has 0 aromatic heterocycles. The van der Waals surface area contributed by atoms with Crippen LogP contribution in [-0.4, -0.2) is 69.5 Å². The number of ether oxygens (including phenoxy) is 2. The molecule has 1 aromatic carbocycles. The zero-order valence-electron chi connectivity index (χ0n) is 14.9. The van der Waals surface area contributed by atoms with Gasteiger partial charge in [-0.3, -0.25) is 0 Å². The zero-order chi connectivity index (χ0) is 17.0. The van der Waals surface area contributed by atoms with Crippen molar-refractivity contribution < 1.29 is 9.47 Å². The van der Waals surface area contributed by atoms with E-state index in [0.29, 0.717) is 12.1 Å². The fraction of sp³-hybridized carbons (Fsp3) is 0.667. The smallest absolute Gasteiger partial charge is 0.383 e. The number of hydrogen-bond acceptors (Lipinski definition) is 4. The van der Waals surface area contributed by atoms with Gasteiger partial charge < -0.3 is 9.47 Å². The Kier molecular flexibility index (Phi) is 6.34. The van der Waals surface area contributed by atoms with Gasteiger partial charge in [0.05, 0.1) is 25.3 Å². The summed E-state index contributed by atoms with van der Waals surface area (Å²) in [4.78, 5) is 0. The molecule has 130 valence electrons. The molecular formula is C18H29BN2O2P+. The van der Waals surface area contributed by atoms with Gasteiger partial charge in [0.15, 0.2) is 0 Å². The van der Waals surface area contributed by atoms with E-state index in [-0.39, 0.29) is 0 Å². The minimum Gasteiger partial charge on any atom is -0.383 e. The molecule has 0 bridgehead atoms. The lowest BCUT2D eigenvalue weighted by Crippen LogP contribution is -2.47. The quantitative estimate of drug-likeness (QED) is 0.559. The van der Waals surface area contributed by atoms with Gasteiger partial charge in [0.25, 0.3) is 0 Å². The summed E-state index contributed by atoms with van der Waals surface area (Å²) < 4.78 is 16.1. The average molecular weight is 347 g/mol. The topological polar surface area (TPSA) is 24.9 Å². The van der Waals surface area contributed by atoms with E-state index in [9.17, 15) is 0 Å². The number of rotatable bonds is 7. The first kappa shape index (κ1) is 18.3. The van der Waals surface area contributed by atoms with E-state index in [1.54, 1.807) is 14.2 Å². The first-order valence-corrected chi connectivity index (χ1v) is 10.7. The molecule has 0 spiro atoms. The van der Waals surface area contributed by atoms with Gasteiger partial charge in [-0.05, 0) is 37.8 Å². The summed E-state index contributed by atoms with van der Waals surface area (Å²) in [5, 5.41) is 1.27. The Bertz CT molecular complexity index is 495. The highest BCUT2D eigenvalue weighted by Crippen LogP contribution is 2.64. The molecular weight excluding hydrogens is 318 g/mol. The van der Waals surface area contributed by atoms with Crippen molar-refractivity contribution in [3.8, 4) is 0 Å². The molecule has 3 rings (SSSR count). The Morgan fingerprint density at radius 1 is 0.958 bits per heavy atom. The Hall–Kier alpha value is -0.445. The fourth-order valence-corrected chi connectivity index (χ4v) is 8.01. The zero-order valence-corrected chi connectivity index (χ0v) is 15.8. The van der Waals surface area contributed by atoms with Crippen LogP contribution in [0.3, 0.4) is 0 Å². The van der Waals surface area contributed by atoms with E-state index in [4.69, 9.17) is 17.0 Å². The van der Waals surface area contributed by atoms with Gasteiger partial charge in [-0.2, -0.15) is 9.34 Å². The summed E-state index contributed by atoms with van der Waals surface area (Å²) >= 11 is 0. The van der Waals surface area contributed by atoms with Crippen LogP contribution in [0.2, 0.25) is 0 Å². The molecule has 0 amide bonds. The minimum absolute atomic E-state index is 0.414. The van der Waals surface area contributed by atoms with Crippen molar-refractivity contribution in [3.05, 3.63) is 30.3 Å². The maximum atomic E-state index is 7.32. The van der Waals surface area contributed by atoms with Crippen LogP contribution in [0.15, 0.2) is 30.3 Å². The first-order chi connectivity index (χ1) is 11.7. The second-order valence-corrected chi connectivity index (χ2v) is 9.66. The molecule has 6 heteroatoms. The molecule has 2 heterocycles. The molecule has 2 atom stereocenters. The van der Waals surface area contributed by atoms with Gasteiger partial charge in [-0.25, -0.2) is 0 Å². The highest BCUT2D eigenvalue weighted by Gasteiger charge is 2.55. The molecule has 2 fully saturated rings. The largest absolute Gasteiger partial charge is 0.416 e. The molecule has 0 aliphatic carbocycles. The van der Waals surface area contributed by atoms with E-state index in [0.717, 1.165) is 26.3 Å². The van der Waals surface area contributed by atoms with Crippen LogP contribution in [0.1, 0.15) is 25.7 Å². The van der Waals surface area contributed by atoms with E-state index in [1.165, 1.54) is 31.0 Å². The standard InChI is InChI=1S/C18H29BN2O2P/c1-22-14-16-8-6-12-20(16)24(19,18-10-4-3-5-11-18)21-13-7-9-17(21)15-23-2/h3-5,10-11,16-17H,6-9,12-15H2,1-2H3/q+1/t16-,17-/m0/s1. The van der Waals surface area contributed by atoms with Crippen LogP contribution in [0.4, 0.5) is 0 Å². The van der Waals surface area contributed by atoms with Crippen molar-refractivity contribution >= 4 is 20.3 Å². The van der Waals surface area contributed by atoms with E-state index in [2.05, 4.69) is 39.7 Å². The second-order valence-electron chi connectivity index (χ2n) is 6.81. The third kappa shape index (κ3) is 3.43. The molecule has 1 aromatic rings. The molecule has 0 unspecified atom stereocenters. The van der Waals surface area contributed by atoms with Crippen LogP contribution in [-0.2, 0) is 9.47 Å². The third-order valence-electron chi connectivity index (χ3n) is 5.33. The van der Waals surface area contributed by atoms with Crippen LogP contribution in [0.25, 0.3) is 0 Å². The molecule has 4 nitrogen and oxygen atoms in total. The van der Waals surface area contributed by atoms with Crippen LogP contribution >= 0.6 is 7.44 Å². The van der Waals surface area contributed by atoms with Crippen molar-refractivity contribution in [3.63, 3.8) is 0 Å². The number of methoxy groups -OCH3 is 2. The van der Waals surface area contributed by atoms with Gasteiger partial charge in [-0.1, -0.05) is 18.2 Å². The summed E-state index contributed by atoms with van der Waals surface area (Å²) in [6, 6.07) is 11.5. The summed E-state index contributed by atoms with van der Waals surface area (Å²) in [5.74, 6) is 0. The Morgan fingerprint density at radius 3 is 1.92 bits per heavy atom. The van der Waals surface area contributed by atoms with Gasteiger partial charge in [0, 0.05) is 27.3 Å². The fourth-order valence-electron chi connectivity index (χ4n) is 4.26. The summed E-state index contributed by atoms with van der Waals surface area (Å²) in [6.45, 7) is 3.63. The van der Waals surface area contributed by atoms with Crippen LogP contribution < -0.4 is 5.30 Å². The summed E-state index contributed by atoms with van der Waals surface area (Å²) in [7, 11) is 8.82. The molecule has 2 aliphatic rings. The predicted octanol–water partition coefficient (Wildman–Crippen LogP) is 2.46. The molecule has 2 radical (unpaired) electrons. The van der Waals surface area contributed by atoms with E-state index < -0.39 is 7.44 Å². The van der Waals surface area contributed by atoms with Gasteiger partial charge >= 0.3 is 7.57 Å². The van der Waals surface area contributed by atoms with Crippen molar-refractivity contribution in [2.45, 2.75) is 37.8 Å². The Labute approximate surface area is 148 Å². The van der Waals surface area contributed by atoms with Crippen molar-refractivity contribution in [2.75, 3.05) is 40.5 Å². The highest BCUT2D eigenvalue weighted by atomic mass is 31.2. The maximum Gasteiger partial charge on any atom is 0.416 e. The molecule has 0 saturated carbocycles. The van der Waals surface area contributed by atoms with Crippen LogP contribution in [0.5, 0.6) is 0 Å². The minimum atomic E-state index is -2.08. The number of hydrogen-bond donors (Lipinski definition) is 0. The second kappa shape index (κ2) is 8.29. The average Bonchev–Trinajstić information content (AvgIpc) is 3.26. The molecule has 0 N–H and O–H groups in total. The lowest BCUT2D eigenvalue weighted by molar-refractivity contribution is 0.137. The maximum absolute atomic E-state index is 7.32. The van der Waals surface area contributed by atoms with E-state index >= 15 is 0 Å². The number of nitrogens with zero attached hydrogens (tertiary/aromatic N) is 2. The Morgan fingerprint density at radius 2 is 1.46 bits per heavy atom. The van der Waals surface area contributed by atoms with Gasteiger partial charge in [-0.15, -0.1) is 0 Å². The first-order valence-electron chi connectivity index (χ1n) is 8.97. The third-order valence-corrected chi connectivity index (χ3v) is 9.01. The molecule has 2 saturated heterocycles. The highest BCUT2D eigenvalue weighted by molar-refractivity contribution is 7.99. The summed E-state index contributed by atoms with van der Waals surface area (Å²) in [5.41, 5.74) is 0. The normalized spacial score (nSPS) is 26.2. The summed E-state index contributed by atoms with van der Waals surface area (Å²) in [6.07, 6.45) is 4.73. The Balaban J connectivity index is 1.98. The SMILES string of the molecule is [B][P+](c1ccccc1)(N1CCC[C@H]1COC)N1CCC[C@H]1COC. The monoisotopic (exact) mass is 347 g/mol. The predicted molar refractivity (Wildman–Crippen MR) is 102 cm³/mol. The van der Waals surface area contributed by atoms with Crippen molar-refractivity contribution in [2.24, 2.45) is 0 Å². The van der Waals surface area contributed by atoms with Gasteiger partial charge in [0.1, 0.15) is 12.7 Å². The van der Waals surface area contributed by atoms with E-state index in [1.807, 2.05) is 0 Å².